The van der Waals surface area contributed by atoms with E-state index in [1.165, 1.54) is 26.2 Å². The van der Waals surface area contributed by atoms with Crippen LogP contribution in [-0.4, -0.2) is 34.5 Å². The van der Waals surface area contributed by atoms with Crippen molar-refractivity contribution in [3.63, 3.8) is 0 Å². The highest BCUT2D eigenvalue weighted by Crippen LogP contribution is 2.52. The molecule has 0 radical (unpaired) electrons. The molecular formula is C22H20O8. The normalized spacial score (nSPS) is 15.7. The predicted molar refractivity (Wildman–Crippen MR) is 108 cm³/mol. The van der Waals surface area contributed by atoms with Gasteiger partial charge in [0.05, 0.1) is 12.7 Å². The fourth-order valence-electron chi connectivity index (χ4n) is 3.96. The Hall–Kier alpha value is -3.68. The van der Waals surface area contributed by atoms with Crippen LogP contribution in [0.1, 0.15) is 34.2 Å². The molecule has 8 nitrogen and oxygen atoms in total. The number of hydrogen-bond donors (Lipinski definition) is 3. The van der Waals surface area contributed by atoms with Crippen molar-refractivity contribution >= 4 is 16.9 Å². The first kappa shape index (κ1) is 19.6. The molecule has 2 heterocycles. The second-order valence-electron chi connectivity index (χ2n) is 7.37. The zero-order valence-corrected chi connectivity index (χ0v) is 16.8. The van der Waals surface area contributed by atoms with Crippen molar-refractivity contribution in [2.75, 3.05) is 7.11 Å². The molecule has 8 heteroatoms. The first-order valence-electron chi connectivity index (χ1n) is 9.28. The van der Waals surface area contributed by atoms with Gasteiger partial charge in [-0.2, -0.15) is 0 Å². The molecule has 0 aliphatic carbocycles. The molecule has 1 unspecified atom stereocenters. The van der Waals surface area contributed by atoms with Crippen molar-refractivity contribution in [1.82, 2.24) is 0 Å². The number of phenols is 3. The van der Waals surface area contributed by atoms with Crippen LogP contribution in [0.4, 0.5) is 0 Å². The Morgan fingerprint density at radius 1 is 1.00 bits per heavy atom. The van der Waals surface area contributed by atoms with Crippen LogP contribution in [-0.2, 0) is 11.2 Å². The van der Waals surface area contributed by atoms with Gasteiger partial charge in [0.1, 0.15) is 51.4 Å². The molecule has 0 amide bonds. The van der Waals surface area contributed by atoms with Crippen molar-refractivity contribution in [3.8, 4) is 34.1 Å². The van der Waals surface area contributed by atoms with Crippen LogP contribution in [0.3, 0.4) is 0 Å². The highest BCUT2D eigenvalue weighted by Gasteiger charge is 2.35. The smallest absolute Gasteiger partial charge is 0.342 e. The van der Waals surface area contributed by atoms with Gasteiger partial charge in [-0.3, -0.25) is 4.79 Å². The number of ether oxygens (including phenoxy) is 2. The van der Waals surface area contributed by atoms with Crippen LogP contribution in [0.25, 0.3) is 22.1 Å². The van der Waals surface area contributed by atoms with Gasteiger partial charge < -0.3 is 29.2 Å². The number of carbonyl (C=O) groups is 1. The molecule has 2 aromatic carbocycles. The third-order valence-corrected chi connectivity index (χ3v) is 5.34. The summed E-state index contributed by atoms with van der Waals surface area (Å²) in [5, 5.41) is 32.4. The molecule has 0 fully saturated rings. The molecule has 156 valence electrons. The Morgan fingerprint density at radius 2 is 1.67 bits per heavy atom. The fraction of sp³-hybridized carbons (Fsp3) is 0.273. The van der Waals surface area contributed by atoms with Crippen molar-refractivity contribution in [3.05, 3.63) is 44.8 Å². The maximum absolute atomic E-state index is 12.6. The van der Waals surface area contributed by atoms with E-state index < -0.39 is 29.0 Å². The molecule has 3 N–H and O–H groups in total. The number of carbonyl (C=O) groups excluding carboxylic acids is 1. The molecular weight excluding hydrogens is 392 g/mol. The number of esters is 1. The molecule has 1 atom stereocenters. The molecule has 4 rings (SSSR count). The summed E-state index contributed by atoms with van der Waals surface area (Å²) in [6.45, 7) is 4.71. The number of aryl methyl sites for hydroxylation is 1. The molecule has 3 aromatic rings. The van der Waals surface area contributed by atoms with Crippen molar-refractivity contribution in [2.45, 2.75) is 33.3 Å². The number of phenolic OH excluding ortho intramolecular Hbond substituents is 3. The summed E-state index contributed by atoms with van der Waals surface area (Å²) in [4.78, 5) is 25.0. The van der Waals surface area contributed by atoms with E-state index in [1.807, 2.05) is 0 Å². The second-order valence-corrected chi connectivity index (χ2v) is 7.37. The zero-order chi connectivity index (χ0) is 21.9. The van der Waals surface area contributed by atoms with Crippen LogP contribution in [0.15, 0.2) is 21.3 Å². The molecule has 0 saturated heterocycles. The predicted octanol–water partition coefficient (Wildman–Crippen LogP) is 3.30. The lowest BCUT2D eigenvalue weighted by molar-refractivity contribution is 0.0297. The average Bonchev–Trinajstić information content (AvgIpc) is 2.66. The van der Waals surface area contributed by atoms with E-state index in [1.54, 1.807) is 13.8 Å². The minimum Gasteiger partial charge on any atom is -0.507 e. The highest BCUT2D eigenvalue weighted by molar-refractivity contribution is 6.03. The molecule has 1 aliphatic heterocycles. The summed E-state index contributed by atoms with van der Waals surface area (Å²) in [5.74, 6) is -1.43. The van der Waals surface area contributed by atoms with Crippen LogP contribution in [0.5, 0.6) is 23.0 Å². The molecule has 0 saturated carbocycles. The van der Waals surface area contributed by atoms with Gasteiger partial charge in [0.2, 0.25) is 0 Å². The lowest BCUT2D eigenvalue weighted by Gasteiger charge is -2.27. The van der Waals surface area contributed by atoms with E-state index in [4.69, 9.17) is 13.9 Å². The number of fused-ring (bicyclic) bond motifs is 2. The van der Waals surface area contributed by atoms with Gasteiger partial charge in [-0.25, -0.2) is 4.79 Å². The van der Waals surface area contributed by atoms with Gasteiger partial charge >= 0.3 is 5.97 Å². The third kappa shape index (κ3) is 2.67. The summed E-state index contributed by atoms with van der Waals surface area (Å²) < 4.78 is 16.2. The Balaban J connectivity index is 2.20. The average molecular weight is 412 g/mol. The van der Waals surface area contributed by atoms with Gasteiger partial charge in [0, 0.05) is 29.7 Å². The van der Waals surface area contributed by atoms with Crippen LogP contribution >= 0.6 is 0 Å². The Morgan fingerprint density at radius 3 is 2.33 bits per heavy atom. The Bertz CT molecular complexity index is 1290. The van der Waals surface area contributed by atoms with Gasteiger partial charge in [0.15, 0.2) is 5.43 Å². The van der Waals surface area contributed by atoms with E-state index in [0.29, 0.717) is 11.3 Å². The van der Waals surface area contributed by atoms with Crippen molar-refractivity contribution < 1.29 is 34.0 Å². The lowest BCUT2D eigenvalue weighted by atomic mass is 9.85. The Labute approximate surface area is 170 Å². The lowest BCUT2D eigenvalue weighted by Crippen LogP contribution is -2.26. The SMILES string of the molecule is COc1cc2oc(C)cc(=O)c2c(O)c1-c1c(O)c(C)c(O)c2c1CC(C)OC2=O. The number of benzene rings is 2. The summed E-state index contributed by atoms with van der Waals surface area (Å²) >= 11 is 0. The Kier molecular flexibility index (Phi) is 4.38. The quantitative estimate of drug-likeness (QED) is 0.547. The standard InChI is InChI=1S/C22H20O8/c1-8-5-11-15(19(24)10(3)20(25)16(11)22(27)30-8)18-13(28-4)7-14-17(21(18)26)12(23)6-9(2)29-14/h6-8,24-26H,5H2,1-4H3. The zero-order valence-electron chi connectivity index (χ0n) is 16.8. The molecule has 30 heavy (non-hydrogen) atoms. The first-order valence-corrected chi connectivity index (χ1v) is 9.28. The number of hydrogen-bond acceptors (Lipinski definition) is 8. The van der Waals surface area contributed by atoms with Crippen LogP contribution in [0.2, 0.25) is 0 Å². The maximum atomic E-state index is 12.6. The van der Waals surface area contributed by atoms with E-state index >= 15 is 0 Å². The van der Waals surface area contributed by atoms with E-state index in [2.05, 4.69) is 0 Å². The molecule has 0 bridgehead atoms. The summed E-state index contributed by atoms with van der Waals surface area (Å²) in [7, 11) is 1.37. The number of rotatable bonds is 2. The number of cyclic esters (lactones) is 1. The minimum absolute atomic E-state index is 0.0277. The first-order chi connectivity index (χ1) is 14.1. The molecule has 1 aliphatic rings. The van der Waals surface area contributed by atoms with Crippen LogP contribution in [0, 0.1) is 13.8 Å². The number of methoxy groups -OCH3 is 1. The van der Waals surface area contributed by atoms with Gasteiger partial charge in [-0.05, 0) is 26.3 Å². The molecule has 0 spiro atoms. The van der Waals surface area contributed by atoms with Gasteiger partial charge in [-0.15, -0.1) is 0 Å². The van der Waals surface area contributed by atoms with Crippen molar-refractivity contribution in [1.29, 1.82) is 0 Å². The van der Waals surface area contributed by atoms with Gasteiger partial charge in [0.25, 0.3) is 0 Å². The maximum Gasteiger partial charge on any atom is 0.342 e. The topological polar surface area (TPSA) is 126 Å². The van der Waals surface area contributed by atoms with Crippen molar-refractivity contribution in [2.24, 2.45) is 0 Å². The third-order valence-electron chi connectivity index (χ3n) is 5.34. The van der Waals surface area contributed by atoms with E-state index in [0.717, 1.165) is 0 Å². The van der Waals surface area contributed by atoms with Gasteiger partial charge in [-0.1, -0.05) is 0 Å². The van der Waals surface area contributed by atoms with Crippen LogP contribution < -0.4 is 10.2 Å². The largest absolute Gasteiger partial charge is 0.507 e. The van der Waals surface area contributed by atoms with E-state index in [9.17, 15) is 24.9 Å². The summed E-state index contributed by atoms with van der Waals surface area (Å²) in [5.41, 5.74) is 0.0221. The summed E-state index contributed by atoms with van der Waals surface area (Å²) in [6.07, 6.45) is -0.340. The second kappa shape index (κ2) is 6.69. The van der Waals surface area contributed by atoms with E-state index in [-0.39, 0.29) is 51.1 Å². The monoisotopic (exact) mass is 412 g/mol. The highest BCUT2D eigenvalue weighted by atomic mass is 16.5. The fourth-order valence-corrected chi connectivity index (χ4v) is 3.96. The number of aromatic hydroxyl groups is 3. The molecule has 1 aromatic heterocycles. The minimum atomic E-state index is -0.736. The summed E-state index contributed by atoms with van der Waals surface area (Å²) in [6, 6.07) is 2.69.